The Morgan fingerprint density at radius 3 is 1.35 bits per heavy atom. The number of hydrogen-bond acceptors (Lipinski definition) is 6. The Morgan fingerprint density at radius 2 is 1.04 bits per heavy atom. The number of carbonyl (C=O) groups is 2. The first kappa shape index (κ1) is 20.8. The average molecular weight is 370 g/mol. The van der Waals surface area contributed by atoms with E-state index in [-0.39, 0.29) is 23.0 Å². The summed E-state index contributed by atoms with van der Waals surface area (Å²) in [5.74, 6) is 0.943. The van der Waals surface area contributed by atoms with E-state index in [1.54, 1.807) is 0 Å². The van der Waals surface area contributed by atoms with E-state index in [9.17, 15) is 9.59 Å². The molecule has 0 aromatic heterocycles. The topological polar surface area (TPSA) is 71.1 Å². The first-order valence-electron chi connectivity index (χ1n) is 9.70. The average Bonchev–Trinajstić information content (AvgIpc) is 2.40. The lowest BCUT2D eigenvalue weighted by Gasteiger charge is -2.38. The lowest BCUT2D eigenvalue weighted by Crippen LogP contribution is -2.35. The minimum absolute atomic E-state index is 0.118. The summed E-state index contributed by atoms with van der Waals surface area (Å²) in [5.41, 5.74) is 0.236. The molecular weight excluding hydrogens is 336 g/mol. The van der Waals surface area contributed by atoms with Crippen LogP contribution in [0.15, 0.2) is 0 Å². The van der Waals surface area contributed by atoms with Crippen LogP contribution in [0.1, 0.15) is 80.1 Å². The zero-order valence-corrected chi connectivity index (χ0v) is 17.0. The molecule has 0 bridgehead atoms. The van der Waals surface area contributed by atoms with Crippen LogP contribution in [0.3, 0.4) is 0 Å². The molecule has 0 amide bonds. The smallest absolute Gasteiger partial charge is 0.428 e. The summed E-state index contributed by atoms with van der Waals surface area (Å²) < 4.78 is 10.6. The Morgan fingerprint density at radius 1 is 0.692 bits per heavy atom. The lowest BCUT2D eigenvalue weighted by molar-refractivity contribution is -0.229. The number of ether oxygens (including phenoxy) is 2. The molecule has 0 aliphatic heterocycles. The molecule has 6 heteroatoms. The molecule has 0 saturated heterocycles. The fraction of sp³-hybridized carbons (Fsp3) is 0.900. The van der Waals surface area contributed by atoms with Gasteiger partial charge in [-0.2, -0.15) is 19.4 Å². The van der Waals surface area contributed by atoms with Crippen LogP contribution in [-0.4, -0.2) is 24.5 Å². The van der Waals surface area contributed by atoms with E-state index in [0.717, 1.165) is 38.5 Å². The molecule has 0 radical (unpaired) electrons. The Labute approximate surface area is 156 Å². The van der Waals surface area contributed by atoms with Gasteiger partial charge in [0.2, 0.25) is 0 Å². The Kier molecular flexibility index (Phi) is 6.46. The van der Waals surface area contributed by atoms with Crippen molar-refractivity contribution in [1.29, 1.82) is 0 Å². The van der Waals surface area contributed by atoms with Gasteiger partial charge in [-0.1, -0.05) is 41.5 Å². The van der Waals surface area contributed by atoms with Crippen LogP contribution in [0.5, 0.6) is 0 Å². The molecule has 2 aliphatic carbocycles. The van der Waals surface area contributed by atoms with Gasteiger partial charge in [0, 0.05) is 0 Å². The van der Waals surface area contributed by atoms with Crippen LogP contribution < -0.4 is 0 Å². The standard InChI is InChI=1S/C20H34O6/c1-13-7-15(11-19(3,4)9-13)23-17(21)25-26-18(22)24-16-8-14(2)10-20(5,6)12-16/h13-16H,7-12H2,1-6H3/t13-,14-,15+,16+/m0/s1. The lowest BCUT2D eigenvalue weighted by atomic mass is 9.71. The highest BCUT2D eigenvalue weighted by molar-refractivity contribution is 5.63. The van der Waals surface area contributed by atoms with Gasteiger partial charge in [-0.05, 0) is 61.2 Å². The SMILES string of the molecule is C[C@H]1C[C@@H](OC(=O)OOC(=O)O[C@@H]2C[C@H](C)CC(C)(C)C2)CC(C)(C)C1. The van der Waals surface area contributed by atoms with Gasteiger partial charge in [-0.25, -0.2) is 0 Å². The molecule has 4 atom stereocenters. The van der Waals surface area contributed by atoms with Gasteiger partial charge in [0.1, 0.15) is 12.2 Å². The van der Waals surface area contributed by atoms with Crippen LogP contribution in [0.25, 0.3) is 0 Å². The van der Waals surface area contributed by atoms with Crippen LogP contribution in [-0.2, 0) is 19.2 Å². The summed E-state index contributed by atoms with van der Waals surface area (Å²) in [4.78, 5) is 32.6. The fourth-order valence-electron chi connectivity index (χ4n) is 5.08. The van der Waals surface area contributed by atoms with Crippen molar-refractivity contribution >= 4 is 12.3 Å². The fourth-order valence-corrected chi connectivity index (χ4v) is 5.08. The molecule has 2 rings (SSSR count). The molecule has 26 heavy (non-hydrogen) atoms. The predicted octanol–water partition coefficient (Wildman–Crippen LogP) is 5.64. The first-order valence-corrected chi connectivity index (χ1v) is 9.70. The second-order valence-corrected chi connectivity index (χ2v) is 9.97. The first-order chi connectivity index (χ1) is 11.9. The summed E-state index contributed by atoms with van der Waals surface area (Å²) in [6, 6.07) is 0. The maximum atomic E-state index is 11.8. The zero-order chi connectivity index (χ0) is 19.5. The maximum Gasteiger partial charge on any atom is 0.550 e. The van der Waals surface area contributed by atoms with Gasteiger partial charge >= 0.3 is 12.3 Å². The van der Waals surface area contributed by atoms with Gasteiger partial charge in [-0.15, -0.1) is 0 Å². The van der Waals surface area contributed by atoms with Crippen molar-refractivity contribution in [3.05, 3.63) is 0 Å². The van der Waals surface area contributed by atoms with Crippen molar-refractivity contribution in [3.8, 4) is 0 Å². The van der Waals surface area contributed by atoms with Crippen molar-refractivity contribution in [2.24, 2.45) is 22.7 Å². The highest BCUT2D eigenvalue weighted by Crippen LogP contribution is 2.40. The van der Waals surface area contributed by atoms with E-state index in [1.165, 1.54) is 0 Å². The maximum absolute atomic E-state index is 11.8. The molecule has 0 heterocycles. The van der Waals surface area contributed by atoms with E-state index in [2.05, 4.69) is 51.3 Å². The highest BCUT2D eigenvalue weighted by atomic mass is 17.3. The van der Waals surface area contributed by atoms with Crippen LogP contribution >= 0.6 is 0 Å². The van der Waals surface area contributed by atoms with E-state index in [1.807, 2.05) is 0 Å². The summed E-state index contributed by atoms with van der Waals surface area (Å²) in [6.45, 7) is 12.9. The van der Waals surface area contributed by atoms with Crippen LogP contribution in [0, 0.1) is 22.7 Å². The molecule has 0 N–H and O–H groups in total. The van der Waals surface area contributed by atoms with Crippen molar-refractivity contribution < 1.29 is 28.8 Å². The Hall–Kier alpha value is -1.46. The van der Waals surface area contributed by atoms with E-state index in [4.69, 9.17) is 9.47 Å². The van der Waals surface area contributed by atoms with Crippen molar-refractivity contribution in [1.82, 2.24) is 0 Å². The zero-order valence-electron chi connectivity index (χ0n) is 17.0. The number of rotatable bonds is 2. The monoisotopic (exact) mass is 370 g/mol. The molecule has 2 saturated carbocycles. The Balaban J connectivity index is 1.72. The largest absolute Gasteiger partial charge is 0.550 e. The molecule has 0 aromatic carbocycles. The number of hydrogen-bond donors (Lipinski definition) is 0. The van der Waals surface area contributed by atoms with Crippen LogP contribution in [0.4, 0.5) is 9.59 Å². The van der Waals surface area contributed by atoms with Crippen molar-refractivity contribution in [2.45, 2.75) is 92.3 Å². The van der Waals surface area contributed by atoms with Gasteiger partial charge in [-0.3, -0.25) is 0 Å². The van der Waals surface area contributed by atoms with E-state index >= 15 is 0 Å². The molecular formula is C20H34O6. The molecule has 0 unspecified atom stereocenters. The van der Waals surface area contributed by atoms with E-state index in [0.29, 0.717) is 11.8 Å². The quantitative estimate of drug-likeness (QED) is 0.356. The minimum Gasteiger partial charge on any atom is -0.428 e. The summed E-state index contributed by atoms with van der Waals surface area (Å²) >= 11 is 0. The van der Waals surface area contributed by atoms with Crippen molar-refractivity contribution in [2.75, 3.05) is 0 Å². The third-order valence-corrected chi connectivity index (χ3v) is 5.40. The molecule has 2 fully saturated rings. The molecule has 0 aromatic rings. The van der Waals surface area contributed by atoms with Crippen LogP contribution in [0.2, 0.25) is 0 Å². The summed E-state index contributed by atoms with van der Waals surface area (Å²) in [7, 11) is 0. The van der Waals surface area contributed by atoms with Gasteiger partial charge in [0.15, 0.2) is 0 Å². The van der Waals surface area contributed by atoms with Gasteiger partial charge in [0.25, 0.3) is 0 Å². The molecule has 2 aliphatic rings. The van der Waals surface area contributed by atoms with Gasteiger partial charge < -0.3 is 9.47 Å². The number of carbonyl (C=O) groups excluding carboxylic acids is 2. The predicted molar refractivity (Wildman–Crippen MR) is 96.3 cm³/mol. The van der Waals surface area contributed by atoms with E-state index < -0.39 is 12.3 Å². The molecule has 0 spiro atoms. The van der Waals surface area contributed by atoms with Crippen molar-refractivity contribution in [3.63, 3.8) is 0 Å². The molecule has 150 valence electrons. The normalized spacial score (nSPS) is 33.0. The Bertz CT molecular complexity index is 466. The third-order valence-electron chi connectivity index (χ3n) is 5.40. The minimum atomic E-state index is -0.991. The summed E-state index contributed by atoms with van der Waals surface area (Å²) in [6.07, 6.45) is 2.89. The molecule has 6 nitrogen and oxygen atoms in total. The second kappa shape index (κ2) is 8.05. The van der Waals surface area contributed by atoms with Gasteiger partial charge in [0.05, 0.1) is 0 Å². The highest BCUT2D eigenvalue weighted by Gasteiger charge is 2.36. The summed E-state index contributed by atoms with van der Waals surface area (Å²) in [5, 5.41) is 0. The third kappa shape index (κ3) is 6.69. The second-order valence-electron chi connectivity index (χ2n) is 9.97.